The number of aromatic carboxylic acids is 1. The summed E-state index contributed by atoms with van der Waals surface area (Å²) >= 11 is 0. The van der Waals surface area contributed by atoms with Gasteiger partial charge in [-0.2, -0.15) is 0 Å². The summed E-state index contributed by atoms with van der Waals surface area (Å²) in [4.78, 5) is 25.6. The van der Waals surface area contributed by atoms with Gasteiger partial charge in [-0.05, 0) is 37.1 Å². The van der Waals surface area contributed by atoms with Gasteiger partial charge < -0.3 is 19.5 Å². The molecule has 27 heavy (non-hydrogen) atoms. The fourth-order valence-corrected chi connectivity index (χ4v) is 3.67. The average molecular weight is 371 g/mol. The molecule has 0 saturated carbocycles. The lowest BCUT2D eigenvalue weighted by molar-refractivity contribution is 0.0690. The van der Waals surface area contributed by atoms with Crippen LogP contribution in [0, 0.1) is 5.82 Å². The van der Waals surface area contributed by atoms with E-state index < -0.39 is 17.7 Å². The van der Waals surface area contributed by atoms with E-state index in [-0.39, 0.29) is 17.2 Å². The monoisotopic (exact) mass is 371 g/mol. The van der Waals surface area contributed by atoms with E-state index in [4.69, 9.17) is 14.6 Å². The van der Waals surface area contributed by atoms with Crippen molar-refractivity contribution >= 4 is 11.9 Å². The van der Waals surface area contributed by atoms with Crippen molar-refractivity contribution in [2.75, 3.05) is 19.8 Å². The number of benzene rings is 2. The van der Waals surface area contributed by atoms with E-state index in [9.17, 15) is 14.0 Å². The van der Waals surface area contributed by atoms with Gasteiger partial charge in [0.25, 0.3) is 5.91 Å². The average Bonchev–Trinajstić information content (AvgIpc) is 3.16. The van der Waals surface area contributed by atoms with E-state index >= 15 is 0 Å². The molecule has 0 aliphatic carbocycles. The molecule has 2 heterocycles. The highest BCUT2D eigenvalue weighted by Gasteiger charge is 2.35. The van der Waals surface area contributed by atoms with Crippen LogP contribution >= 0.6 is 0 Å². The second-order valence-corrected chi connectivity index (χ2v) is 6.53. The Labute approximate surface area is 155 Å². The van der Waals surface area contributed by atoms with E-state index in [0.717, 1.165) is 24.5 Å². The van der Waals surface area contributed by atoms with Gasteiger partial charge in [0.05, 0.1) is 17.2 Å². The quantitative estimate of drug-likeness (QED) is 0.896. The van der Waals surface area contributed by atoms with Crippen molar-refractivity contribution in [1.29, 1.82) is 0 Å². The number of carbonyl (C=O) groups excluding carboxylic acids is 1. The minimum absolute atomic E-state index is 0.131. The smallest absolute Gasteiger partial charge is 0.335 e. The van der Waals surface area contributed by atoms with E-state index in [1.807, 2.05) is 18.2 Å². The Balaban J connectivity index is 1.66. The number of hydrogen-bond donors (Lipinski definition) is 1. The number of ether oxygens (including phenoxy) is 2. The summed E-state index contributed by atoms with van der Waals surface area (Å²) in [5.74, 6) is -1.24. The number of carbonyl (C=O) groups is 2. The van der Waals surface area contributed by atoms with Crippen LogP contribution in [0.1, 0.15) is 45.2 Å². The maximum Gasteiger partial charge on any atom is 0.335 e. The maximum absolute atomic E-state index is 14.4. The summed E-state index contributed by atoms with van der Waals surface area (Å²) in [6, 6.07) is 8.68. The molecule has 1 N–H and O–H groups in total. The lowest BCUT2D eigenvalue weighted by Crippen LogP contribution is -2.32. The molecule has 2 aliphatic rings. The molecule has 4 rings (SSSR count). The van der Waals surface area contributed by atoms with Gasteiger partial charge in [-0.15, -0.1) is 0 Å². The summed E-state index contributed by atoms with van der Waals surface area (Å²) in [5, 5.41) is 8.97. The zero-order valence-corrected chi connectivity index (χ0v) is 14.5. The molecule has 2 aliphatic heterocycles. The van der Waals surface area contributed by atoms with Gasteiger partial charge in [0.2, 0.25) is 0 Å². The molecule has 1 saturated heterocycles. The number of fused-ring (bicyclic) bond motifs is 1. The van der Waals surface area contributed by atoms with Gasteiger partial charge in [0.15, 0.2) is 11.5 Å². The van der Waals surface area contributed by atoms with Crippen LogP contribution in [0.4, 0.5) is 4.39 Å². The molecule has 0 radical (unpaired) electrons. The van der Waals surface area contributed by atoms with Crippen LogP contribution in [0.15, 0.2) is 36.4 Å². The second kappa shape index (κ2) is 6.90. The lowest BCUT2D eigenvalue weighted by atomic mass is 10.0. The zero-order valence-electron chi connectivity index (χ0n) is 14.5. The molecule has 0 bridgehead atoms. The topological polar surface area (TPSA) is 76.1 Å². The van der Waals surface area contributed by atoms with Gasteiger partial charge in [-0.1, -0.05) is 12.1 Å². The Morgan fingerprint density at radius 3 is 2.74 bits per heavy atom. The number of carboxylic acid groups (broad SMARTS) is 1. The molecule has 1 amide bonds. The highest BCUT2D eigenvalue weighted by Crippen LogP contribution is 2.43. The Morgan fingerprint density at radius 2 is 1.96 bits per heavy atom. The largest absolute Gasteiger partial charge is 0.486 e. The molecular formula is C20H18FNO5. The molecule has 1 unspecified atom stereocenters. The summed E-state index contributed by atoms with van der Waals surface area (Å²) in [6.07, 6.45) is 1.52. The number of amides is 1. The van der Waals surface area contributed by atoms with E-state index in [1.165, 1.54) is 12.1 Å². The SMILES string of the molecule is O=C(O)c1ccc(C(=O)N2CCCC2c2cccc3c2OCCO3)c(F)c1. The minimum atomic E-state index is -1.24. The van der Waals surface area contributed by atoms with Crippen molar-refractivity contribution in [2.45, 2.75) is 18.9 Å². The third-order valence-corrected chi connectivity index (χ3v) is 4.92. The van der Waals surface area contributed by atoms with Crippen molar-refractivity contribution in [3.05, 3.63) is 58.9 Å². The van der Waals surface area contributed by atoms with E-state index in [1.54, 1.807) is 4.90 Å². The van der Waals surface area contributed by atoms with Crippen LogP contribution in [-0.2, 0) is 0 Å². The number of hydrogen-bond acceptors (Lipinski definition) is 4. The van der Waals surface area contributed by atoms with Crippen molar-refractivity contribution in [2.24, 2.45) is 0 Å². The molecule has 0 aromatic heterocycles. The van der Waals surface area contributed by atoms with Gasteiger partial charge in [-0.25, -0.2) is 9.18 Å². The van der Waals surface area contributed by atoms with Crippen molar-refractivity contribution in [3.63, 3.8) is 0 Å². The number of para-hydroxylation sites is 1. The third-order valence-electron chi connectivity index (χ3n) is 4.92. The molecule has 1 atom stereocenters. The highest BCUT2D eigenvalue weighted by molar-refractivity contribution is 5.96. The van der Waals surface area contributed by atoms with Gasteiger partial charge in [-0.3, -0.25) is 4.79 Å². The zero-order chi connectivity index (χ0) is 19.0. The normalized spacial score (nSPS) is 18.4. The van der Waals surface area contributed by atoms with Crippen molar-refractivity contribution in [1.82, 2.24) is 4.90 Å². The van der Waals surface area contributed by atoms with Crippen LogP contribution < -0.4 is 9.47 Å². The Morgan fingerprint density at radius 1 is 1.15 bits per heavy atom. The summed E-state index contributed by atoms with van der Waals surface area (Å²) in [5.41, 5.74) is 0.527. The maximum atomic E-state index is 14.4. The first-order valence-corrected chi connectivity index (χ1v) is 8.78. The van der Waals surface area contributed by atoms with Crippen LogP contribution in [0.3, 0.4) is 0 Å². The van der Waals surface area contributed by atoms with Gasteiger partial charge >= 0.3 is 5.97 Å². The van der Waals surface area contributed by atoms with Gasteiger partial charge in [0.1, 0.15) is 19.0 Å². The Bertz CT molecular complexity index is 913. The van der Waals surface area contributed by atoms with Gasteiger partial charge in [0, 0.05) is 12.1 Å². The molecule has 1 fully saturated rings. The second-order valence-electron chi connectivity index (χ2n) is 6.53. The standard InChI is InChI=1S/C20H18FNO5/c21-15-11-12(20(24)25)6-7-13(15)19(23)22-8-2-4-16(22)14-3-1-5-17-18(14)27-10-9-26-17/h1,3,5-7,11,16H,2,4,8-10H2,(H,24,25). The molecule has 6 nitrogen and oxygen atoms in total. The number of rotatable bonds is 3. The molecule has 140 valence electrons. The number of halogens is 1. The lowest BCUT2D eigenvalue weighted by Gasteiger charge is -2.29. The van der Waals surface area contributed by atoms with Crippen LogP contribution in [-0.4, -0.2) is 41.6 Å². The van der Waals surface area contributed by atoms with Crippen molar-refractivity contribution in [3.8, 4) is 11.5 Å². The Hall–Kier alpha value is -3.09. The number of carboxylic acids is 1. The fourth-order valence-electron chi connectivity index (χ4n) is 3.67. The molecule has 2 aromatic carbocycles. The Kier molecular flexibility index (Phi) is 4.43. The van der Waals surface area contributed by atoms with E-state index in [2.05, 4.69) is 0 Å². The van der Waals surface area contributed by atoms with Crippen LogP contribution in [0.25, 0.3) is 0 Å². The minimum Gasteiger partial charge on any atom is -0.486 e. The summed E-state index contributed by atoms with van der Waals surface area (Å²) in [6.45, 7) is 1.41. The number of likely N-dealkylation sites (tertiary alicyclic amines) is 1. The predicted octanol–water partition coefficient (Wildman–Crippen LogP) is 3.27. The number of nitrogens with zero attached hydrogens (tertiary/aromatic N) is 1. The molecule has 7 heteroatoms. The third kappa shape index (κ3) is 3.09. The molecular weight excluding hydrogens is 353 g/mol. The highest BCUT2D eigenvalue weighted by atomic mass is 19.1. The molecule has 0 spiro atoms. The van der Waals surface area contributed by atoms with Crippen molar-refractivity contribution < 1.29 is 28.6 Å². The summed E-state index contributed by atoms with van der Waals surface area (Å²) in [7, 11) is 0. The van der Waals surface area contributed by atoms with E-state index in [0.29, 0.717) is 31.3 Å². The summed E-state index contributed by atoms with van der Waals surface area (Å²) < 4.78 is 25.7. The van der Waals surface area contributed by atoms with Crippen LogP contribution in [0.5, 0.6) is 11.5 Å². The molecule has 2 aromatic rings. The first-order valence-electron chi connectivity index (χ1n) is 8.78. The van der Waals surface area contributed by atoms with Crippen LogP contribution in [0.2, 0.25) is 0 Å². The fraction of sp³-hybridized carbons (Fsp3) is 0.300. The first-order chi connectivity index (χ1) is 13.1. The predicted molar refractivity (Wildman–Crippen MR) is 93.8 cm³/mol. The first kappa shape index (κ1) is 17.3.